The van der Waals surface area contributed by atoms with E-state index in [0.29, 0.717) is 25.1 Å². The van der Waals surface area contributed by atoms with Crippen LogP contribution < -0.4 is 27.4 Å². The Labute approximate surface area is 203 Å². The molecule has 35 heavy (non-hydrogen) atoms. The molecule has 0 saturated carbocycles. The summed E-state index contributed by atoms with van der Waals surface area (Å²) in [7, 11) is 0. The monoisotopic (exact) mass is 487 g/mol. The van der Waals surface area contributed by atoms with Gasteiger partial charge in [-0.05, 0) is 24.9 Å². The molecule has 3 amide bonds. The number of carboxylic acid groups (broad SMARTS) is 1. The first-order valence-corrected chi connectivity index (χ1v) is 11.4. The number of carboxylic acids is 1. The Kier molecular flexibility index (Phi) is 11.4. The number of imidazole rings is 1. The van der Waals surface area contributed by atoms with Gasteiger partial charge in [-0.2, -0.15) is 0 Å². The molecule has 0 bridgehead atoms. The minimum atomic E-state index is -1.21. The Bertz CT molecular complexity index is 952. The van der Waals surface area contributed by atoms with E-state index in [4.69, 9.17) is 16.6 Å². The van der Waals surface area contributed by atoms with Gasteiger partial charge in [0.2, 0.25) is 17.7 Å². The van der Waals surface area contributed by atoms with Crippen molar-refractivity contribution in [2.75, 3.05) is 13.1 Å². The minimum absolute atomic E-state index is 0.0852. The van der Waals surface area contributed by atoms with E-state index in [2.05, 4.69) is 25.9 Å². The van der Waals surface area contributed by atoms with Crippen molar-refractivity contribution in [1.82, 2.24) is 25.9 Å². The van der Waals surface area contributed by atoms with E-state index in [1.165, 1.54) is 12.5 Å². The topological polar surface area (TPSA) is 205 Å². The number of unbranched alkanes of at least 4 members (excludes halogenated alkanes) is 1. The lowest BCUT2D eigenvalue weighted by Gasteiger charge is -2.24. The SMILES string of the molecule is NCCCCC(N)C(=O)NC(Cc1cnc[nH]1)C(=O)NC(Cc1ccccc1)C(=O)NCC(=O)O. The Morgan fingerprint density at radius 1 is 0.971 bits per heavy atom. The van der Waals surface area contributed by atoms with E-state index in [-0.39, 0.29) is 12.8 Å². The molecule has 0 radical (unpaired) electrons. The predicted molar refractivity (Wildman–Crippen MR) is 128 cm³/mol. The molecule has 0 saturated heterocycles. The average molecular weight is 488 g/mol. The van der Waals surface area contributed by atoms with Crippen LogP contribution in [0.25, 0.3) is 0 Å². The van der Waals surface area contributed by atoms with Crippen LogP contribution in [0.15, 0.2) is 42.9 Å². The van der Waals surface area contributed by atoms with E-state index >= 15 is 0 Å². The Morgan fingerprint density at radius 3 is 2.29 bits per heavy atom. The van der Waals surface area contributed by atoms with Gasteiger partial charge in [0, 0.05) is 24.7 Å². The van der Waals surface area contributed by atoms with Crippen molar-refractivity contribution < 1.29 is 24.3 Å². The first-order chi connectivity index (χ1) is 16.8. The van der Waals surface area contributed by atoms with E-state index in [1.54, 1.807) is 24.3 Å². The summed E-state index contributed by atoms with van der Waals surface area (Å²) >= 11 is 0. The van der Waals surface area contributed by atoms with Gasteiger partial charge in [-0.15, -0.1) is 0 Å². The van der Waals surface area contributed by atoms with Gasteiger partial charge in [-0.3, -0.25) is 19.2 Å². The second-order valence-electron chi connectivity index (χ2n) is 8.10. The van der Waals surface area contributed by atoms with Crippen LogP contribution in [0.5, 0.6) is 0 Å². The number of nitrogens with zero attached hydrogens (tertiary/aromatic N) is 1. The van der Waals surface area contributed by atoms with Crippen molar-refractivity contribution in [3.05, 3.63) is 54.1 Å². The third-order valence-corrected chi connectivity index (χ3v) is 5.25. The Hall–Kier alpha value is -3.77. The zero-order valence-corrected chi connectivity index (χ0v) is 19.4. The largest absolute Gasteiger partial charge is 0.480 e. The molecule has 1 heterocycles. The van der Waals surface area contributed by atoms with Crippen LogP contribution >= 0.6 is 0 Å². The summed E-state index contributed by atoms with van der Waals surface area (Å²) in [5, 5.41) is 16.5. The number of amides is 3. The molecule has 3 atom stereocenters. The lowest BCUT2D eigenvalue weighted by atomic mass is 10.0. The Morgan fingerprint density at radius 2 is 1.66 bits per heavy atom. The number of hydrogen-bond donors (Lipinski definition) is 7. The highest BCUT2D eigenvalue weighted by Crippen LogP contribution is 2.06. The van der Waals surface area contributed by atoms with Gasteiger partial charge < -0.3 is 37.5 Å². The maximum Gasteiger partial charge on any atom is 0.322 e. The number of nitrogens with one attached hydrogen (secondary N) is 4. The number of aliphatic carboxylic acids is 1. The number of rotatable bonds is 15. The van der Waals surface area contributed by atoms with Gasteiger partial charge in [0.15, 0.2) is 0 Å². The molecule has 0 fully saturated rings. The van der Waals surface area contributed by atoms with Gasteiger partial charge >= 0.3 is 5.97 Å². The molecular weight excluding hydrogens is 454 g/mol. The highest BCUT2D eigenvalue weighted by Gasteiger charge is 2.29. The van der Waals surface area contributed by atoms with E-state index in [0.717, 1.165) is 12.0 Å². The molecule has 1 aromatic carbocycles. The molecule has 12 heteroatoms. The number of hydrogen-bond acceptors (Lipinski definition) is 7. The molecule has 3 unspecified atom stereocenters. The van der Waals surface area contributed by atoms with Gasteiger partial charge in [-0.1, -0.05) is 36.8 Å². The van der Waals surface area contributed by atoms with Crippen molar-refractivity contribution in [2.45, 2.75) is 50.2 Å². The third-order valence-electron chi connectivity index (χ3n) is 5.25. The van der Waals surface area contributed by atoms with Gasteiger partial charge in [0.1, 0.15) is 18.6 Å². The lowest BCUT2D eigenvalue weighted by Crippen LogP contribution is -2.57. The predicted octanol–water partition coefficient (Wildman–Crippen LogP) is -1.18. The van der Waals surface area contributed by atoms with Crippen LogP contribution in [0, 0.1) is 0 Å². The number of benzene rings is 1. The van der Waals surface area contributed by atoms with Gasteiger partial charge in [0.05, 0.1) is 12.4 Å². The number of H-pyrrole nitrogens is 1. The van der Waals surface area contributed by atoms with Crippen LogP contribution in [-0.4, -0.2) is 70.0 Å². The summed E-state index contributed by atoms with van der Waals surface area (Å²) in [4.78, 5) is 56.3. The minimum Gasteiger partial charge on any atom is -0.480 e. The molecule has 12 nitrogen and oxygen atoms in total. The number of carbonyl (C=O) groups excluding carboxylic acids is 3. The number of aromatic amines is 1. The maximum atomic E-state index is 13.2. The zero-order chi connectivity index (χ0) is 25.6. The highest BCUT2D eigenvalue weighted by atomic mass is 16.4. The summed E-state index contributed by atoms with van der Waals surface area (Å²) in [6, 6.07) is 6.03. The molecule has 190 valence electrons. The standard InChI is InChI=1S/C23H33N7O5/c24-9-5-4-8-17(25)21(33)29-19(11-16-12-26-14-28-16)23(35)30-18(22(34)27-13-20(31)32)10-15-6-2-1-3-7-15/h1-3,6-7,12,14,17-19H,4-5,8-11,13,24-25H2,(H,26,28)(H,27,34)(H,29,33)(H,30,35)(H,31,32). The molecule has 0 aliphatic rings. The van der Waals surface area contributed by atoms with Crippen molar-refractivity contribution >= 4 is 23.7 Å². The van der Waals surface area contributed by atoms with Gasteiger partial charge in [0.25, 0.3) is 0 Å². The van der Waals surface area contributed by atoms with Crippen LogP contribution in [0.1, 0.15) is 30.5 Å². The molecular formula is C23H33N7O5. The molecule has 0 aliphatic heterocycles. The average Bonchev–Trinajstić information content (AvgIpc) is 3.35. The first kappa shape index (κ1) is 27.5. The number of carbonyl (C=O) groups is 4. The Balaban J connectivity index is 2.15. The van der Waals surface area contributed by atoms with E-state index < -0.39 is 48.4 Å². The normalized spacial score (nSPS) is 13.3. The van der Waals surface area contributed by atoms with Crippen molar-refractivity contribution in [3.63, 3.8) is 0 Å². The van der Waals surface area contributed by atoms with Crippen LogP contribution in [0.4, 0.5) is 0 Å². The molecule has 2 aromatic rings. The van der Waals surface area contributed by atoms with E-state index in [1.807, 2.05) is 6.07 Å². The van der Waals surface area contributed by atoms with Crippen molar-refractivity contribution in [3.8, 4) is 0 Å². The second-order valence-corrected chi connectivity index (χ2v) is 8.10. The van der Waals surface area contributed by atoms with Gasteiger partial charge in [-0.25, -0.2) is 4.98 Å². The lowest BCUT2D eigenvalue weighted by molar-refractivity contribution is -0.138. The van der Waals surface area contributed by atoms with Crippen molar-refractivity contribution in [2.24, 2.45) is 11.5 Å². The molecule has 0 aliphatic carbocycles. The molecule has 0 spiro atoms. The third kappa shape index (κ3) is 9.94. The smallest absolute Gasteiger partial charge is 0.322 e. The number of nitrogens with two attached hydrogens (primary N) is 2. The van der Waals surface area contributed by atoms with Crippen LogP contribution in [0.3, 0.4) is 0 Å². The van der Waals surface area contributed by atoms with Crippen LogP contribution in [0.2, 0.25) is 0 Å². The first-order valence-electron chi connectivity index (χ1n) is 11.4. The summed E-state index contributed by atoms with van der Waals surface area (Å²) in [6.07, 6.45) is 4.99. The number of aromatic nitrogens is 2. The highest BCUT2D eigenvalue weighted by molar-refractivity contribution is 5.93. The zero-order valence-electron chi connectivity index (χ0n) is 19.4. The summed E-state index contributed by atoms with van der Waals surface area (Å²) in [5.74, 6) is -2.99. The van der Waals surface area contributed by atoms with E-state index in [9.17, 15) is 19.2 Å². The fraction of sp³-hybridized carbons (Fsp3) is 0.435. The second kappa shape index (κ2) is 14.5. The fourth-order valence-electron chi connectivity index (χ4n) is 3.36. The van der Waals surface area contributed by atoms with Crippen LogP contribution in [-0.2, 0) is 32.0 Å². The summed E-state index contributed by atoms with van der Waals surface area (Å²) < 4.78 is 0. The summed E-state index contributed by atoms with van der Waals surface area (Å²) in [5.41, 5.74) is 12.8. The van der Waals surface area contributed by atoms with Crippen molar-refractivity contribution in [1.29, 1.82) is 0 Å². The summed E-state index contributed by atoms with van der Waals surface area (Å²) in [6.45, 7) is -0.0993. The molecule has 1 aromatic heterocycles. The molecule has 2 rings (SSSR count). The quantitative estimate of drug-likeness (QED) is 0.152. The fourth-order valence-corrected chi connectivity index (χ4v) is 3.36. The molecule has 9 N–H and O–H groups in total. The maximum absolute atomic E-state index is 13.2.